The van der Waals surface area contributed by atoms with Gasteiger partial charge in [-0.15, -0.1) is 0 Å². The number of nitrogens with zero attached hydrogens (tertiary/aromatic N) is 2. The van der Waals surface area contributed by atoms with Crippen LogP contribution in [-0.4, -0.2) is 21.6 Å². The molecule has 1 heterocycles. The van der Waals surface area contributed by atoms with Gasteiger partial charge in [-0.1, -0.05) is 47.6 Å². The fourth-order valence-electron chi connectivity index (χ4n) is 2.67. The molecule has 0 saturated carbocycles. The lowest BCUT2D eigenvalue weighted by Gasteiger charge is -2.12. The average Bonchev–Trinajstić information content (AvgIpc) is 2.72. The highest BCUT2D eigenvalue weighted by Crippen LogP contribution is 2.19. The first kappa shape index (κ1) is 20.2. The van der Waals surface area contributed by atoms with Crippen molar-refractivity contribution in [2.24, 2.45) is 7.05 Å². The second-order valence-corrected chi connectivity index (χ2v) is 7.42. The molecule has 0 unspecified atom stereocenters. The van der Waals surface area contributed by atoms with E-state index in [-0.39, 0.29) is 17.9 Å². The molecule has 0 bridgehead atoms. The summed E-state index contributed by atoms with van der Waals surface area (Å²) in [5.41, 5.74) is 2.38. The molecule has 0 aliphatic carbocycles. The van der Waals surface area contributed by atoms with Gasteiger partial charge < -0.3 is 4.74 Å². The quantitative estimate of drug-likeness (QED) is 0.342. The van der Waals surface area contributed by atoms with Gasteiger partial charge in [-0.05, 0) is 43.0 Å². The van der Waals surface area contributed by atoms with Crippen LogP contribution in [0.25, 0.3) is 0 Å². The lowest BCUT2D eigenvalue weighted by molar-refractivity contribution is 0.103. The van der Waals surface area contributed by atoms with E-state index in [0.29, 0.717) is 32.7 Å². The Hall–Kier alpha value is -2.57. The number of carbonyl (C=O) groups excluding carboxylic acids is 1. The molecule has 0 spiro atoms. The minimum absolute atomic E-state index is 0.0715. The number of aromatic nitrogens is 2. The molecule has 7 heteroatoms. The maximum atomic E-state index is 12.5. The van der Waals surface area contributed by atoms with Crippen molar-refractivity contribution >= 4 is 29.1 Å². The Bertz CT molecular complexity index is 1060. The third kappa shape index (κ3) is 4.29. The van der Waals surface area contributed by atoms with Crippen LogP contribution in [0.15, 0.2) is 58.5 Å². The van der Waals surface area contributed by atoms with Crippen LogP contribution in [0.4, 0.5) is 0 Å². The Morgan fingerprint density at radius 1 is 1.11 bits per heavy atom. The van der Waals surface area contributed by atoms with E-state index in [1.165, 1.54) is 16.3 Å². The predicted octanol–water partition coefficient (Wildman–Crippen LogP) is 4.27. The van der Waals surface area contributed by atoms with Gasteiger partial charge in [-0.2, -0.15) is 4.98 Å². The summed E-state index contributed by atoms with van der Waals surface area (Å²) < 4.78 is 7.27. The van der Waals surface area contributed by atoms with Crippen molar-refractivity contribution in [2.45, 2.75) is 18.7 Å². The second-order valence-electron chi connectivity index (χ2n) is 6.21. The van der Waals surface area contributed by atoms with Gasteiger partial charge in [0, 0.05) is 23.2 Å². The first-order valence-corrected chi connectivity index (χ1v) is 10.1. The fourth-order valence-corrected chi connectivity index (χ4v) is 3.33. The van der Waals surface area contributed by atoms with E-state index >= 15 is 0 Å². The van der Waals surface area contributed by atoms with Gasteiger partial charge in [0.1, 0.15) is 6.61 Å². The van der Waals surface area contributed by atoms with Crippen molar-refractivity contribution in [3.05, 3.63) is 86.2 Å². The third-order valence-corrected chi connectivity index (χ3v) is 5.29. The number of hydrogen-bond acceptors (Lipinski definition) is 5. The van der Waals surface area contributed by atoms with E-state index < -0.39 is 0 Å². The maximum absolute atomic E-state index is 12.5. The lowest BCUT2D eigenvalue weighted by atomic mass is 10.0. The first-order valence-electron chi connectivity index (χ1n) is 8.54. The van der Waals surface area contributed by atoms with Crippen LogP contribution in [0, 0.1) is 6.92 Å². The number of benzene rings is 2. The average molecular weight is 415 g/mol. The van der Waals surface area contributed by atoms with Crippen molar-refractivity contribution < 1.29 is 9.53 Å². The van der Waals surface area contributed by atoms with Crippen molar-refractivity contribution in [3.63, 3.8) is 0 Å². The molecule has 0 saturated heterocycles. The van der Waals surface area contributed by atoms with Gasteiger partial charge in [-0.3, -0.25) is 14.2 Å². The highest BCUT2D eigenvalue weighted by Gasteiger charge is 2.13. The molecule has 28 heavy (non-hydrogen) atoms. The van der Waals surface area contributed by atoms with Crippen LogP contribution in [0.5, 0.6) is 5.88 Å². The van der Waals surface area contributed by atoms with E-state index in [9.17, 15) is 9.59 Å². The van der Waals surface area contributed by atoms with Gasteiger partial charge in [-0.25, -0.2) is 0 Å². The molecule has 2 aromatic carbocycles. The minimum Gasteiger partial charge on any atom is -0.472 e. The van der Waals surface area contributed by atoms with E-state index in [4.69, 9.17) is 16.3 Å². The molecule has 144 valence electrons. The SMILES string of the molecule is CSc1nc(OCc2ccc(C(=O)c3ccc(Cl)cc3)cc2)c(C)c(=O)n1C. The number of halogens is 1. The molecule has 0 atom stereocenters. The van der Waals surface area contributed by atoms with Crippen molar-refractivity contribution in [1.82, 2.24) is 9.55 Å². The Balaban J connectivity index is 1.73. The fraction of sp³-hybridized carbons (Fsp3) is 0.190. The summed E-state index contributed by atoms with van der Waals surface area (Å²) in [6, 6.07) is 14.0. The van der Waals surface area contributed by atoms with Gasteiger partial charge in [0.2, 0.25) is 5.88 Å². The molecule has 0 N–H and O–H groups in total. The van der Waals surface area contributed by atoms with E-state index in [0.717, 1.165) is 5.56 Å². The summed E-state index contributed by atoms with van der Waals surface area (Å²) in [6.07, 6.45) is 1.86. The summed E-state index contributed by atoms with van der Waals surface area (Å²) in [6.45, 7) is 1.95. The van der Waals surface area contributed by atoms with Crippen LogP contribution in [0.2, 0.25) is 5.02 Å². The van der Waals surface area contributed by atoms with Crippen LogP contribution in [-0.2, 0) is 13.7 Å². The molecule has 1 aromatic heterocycles. The predicted molar refractivity (Wildman–Crippen MR) is 112 cm³/mol. The smallest absolute Gasteiger partial charge is 0.260 e. The van der Waals surface area contributed by atoms with Crippen LogP contribution in [0.3, 0.4) is 0 Å². The Morgan fingerprint density at radius 2 is 1.68 bits per heavy atom. The zero-order chi connectivity index (χ0) is 20.3. The second kappa shape index (κ2) is 8.63. The molecule has 0 fully saturated rings. The minimum atomic E-state index is -0.127. The zero-order valence-corrected chi connectivity index (χ0v) is 17.3. The van der Waals surface area contributed by atoms with Crippen LogP contribution < -0.4 is 10.3 Å². The third-order valence-electron chi connectivity index (χ3n) is 4.31. The molecule has 3 aromatic rings. The maximum Gasteiger partial charge on any atom is 0.260 e. The number of carbonyl (C=O) groups is 1. The normalized spacial score (nSPS) is 10.7. The van der Waals surface area contributed by atoms with E-state index in [1.807, 2.05) is 18.4 Å². The Kier molecular flexibility index (Phi) is 6.21. The highest BCUT2D eigenvalue weighted by molar-refractivity contribution is 7.98. The summed E-state index contributed by atoms with van der Waals surface area (Å²) in [5, 5.41) is 1.18. The number of rotatable bonds is 6. The highest BCUT2D eigenvalue weighted by atomic mass is 35.5. The van der Waals surface area contributed by atoms with Crippen molar-refractivity contribution in [1.29, 1.82) is 0 Å². The van der Waals surface area contributed by atoms with E-state index in [1.54, 1.807) is 50.4 Å². The van der Waals surface area contributed by atoms with Gasteiger partial charge in [0.15, 0.2) is 10.9 Å². The van der Waals surface area contributed by atoms with Crippen LogP contribution >= 0.6 is 23.4 Å². The molecule has 0 aliphatic rings. The molecule has 5 nitrogen and oxygen atoms in total. The summed E-state index contributed by atoms with van der Waals surface area (Å²) in [5.74, 6) is 0.256. The van der Waals surface area contributed by atoms with Crippen molar-refractivity contribution in [3.8, 4) is 5.88 Å². The molecular weight excluding hydrogens is 396 g/mol. The Morgan fingerprint density at radius 3 is 2.25 bits per heavy atom. The van der Waals surface area contributed by atoms with Gasteiger partial charge in [0.05, 0.1) is 5.56 Å². The van der Waals surface area contributed by atoms with Gasteiger partial charge in [0.25, 0.3) is 5.56 Å². The Labute approximate surface area is 172 Å². The topological polar surface area (TPSA) is 61.2 Å². The summed E-state index contributed by atoms with van der Waals surface area (Å²) >= 11 is 7.25. The van der Waals surface area contributed by atoms with E-state index in [2.05, 4.69) is 4.98 Å². The standard InChI is InChI=1S/C21H19ClN2O3S/c1-13-19(23-21(28-3)24(2)20(13)26)27-12-14-4-6-15(7-5-14)18(25)16-8-10-17(22)11-9-16/h4-11H,12H2,1-3H3. The molecule has 0 radical (unpaired) electrons. The number of thioether (sulfide) groups is 1. The molecule has 0 amide bonds. The molecular formula is C21H19ClN2O3S. The monoisotopic (exact) mass is 414 g/mol. The van der Waals surface area contributed by atoms with Gasteiger partial charge >= 0.3 is 0 Å². The number of hydrogen-bond donors (Lipinski definition) is 0. The summed E-state index contributed by atoms with van der Waals surface area (Å²) in [4.78, 5) is 29.1. The van der Waals surface area contributed by atoms with Crippen LogP contribution in [0.1, 0.15) is 27.0 Å². The first-order chi connectivity index (χ1) is 13.4. The molecule has 3 rings (SSSR count). The zero-order valence-electron chi connectivity index (χ0n) is 15.7. The lowest BCUT2D eigenvalue weighted by Crippen LogP contribution is -2.23. The van der Waals surface area contributed by atoms with Crippen molar-refractivity contribution in [2.75, 3.05) is 6.26 Å². The summed E-state index contributed by atoms with van der Waals surface area (Å²) in [7, 11) is 1.69. The molecule has 0 aliphatic heterocycles. The number of ether oxygens (including phenoxy) is 1. The largest absolute Gasteiger partial charge is 0.472 e. The number of ketones is 1.